The average molecular weight is 376 g/mol. The highest BCUT2D eigenvalue weighted by molar-refractivity contribution is 5.79. The SMILES string of the molecule is CN=C(NCC1CCN(C2CC2)C1)NCC1(N2CCCCC2)CCCCC1. The van der Waals surface area contributed by atoms with Crippen molar-refractivity contribution in [1.82, 2.24) is 20.4 Å². The number of likely N-dealkylation sites (tertiary alicyclic amines) is 2. The van der Waals surface area contributed by atoms with Crippen molar-refractivity contribution >= 4 is 5.96 Å². The van der Waals surface area contributed by atoms with E-state index in [-0.39, 0.29) is 0 Å². The van der Waals surface area contributed by atoms with Crippen LogP contribution in [-0.4, -0.2) is 73.7 Å². The fraction of sp³-hybridized carbons (Fsp3) is 0.955. The first kappa shape index (κ1) is 19.5. The smallest absolute Gasteiger partial charge is 0.191 e. The molecule has 2 N–H and O–H groups in total. The molecule has 0 radical (unpaired) electrons. The quantitative estimate of drug-likeness (QED) is 0.553. The van der Waals surface area contributed by atoms with Gasteiger partial charge in [-0.15, -0.1) is 0 Å². The van der Waals surface area contributed by atoms with E-state index in [0.29, 0.717) is 5.54 Å². The second kappa shape index (κ2) is 9.13. The molecule has 1 unspecified atom stereocenters. The molecule has 2 aliphatic carbocycles. The molecule has 1 atom stereocenters. The Hall–Kier alpha value is -0.810. The lowest BCUT2D eigenvalue weighted by Gasteiger charge is -2.48. The van der Waals surface area contributed by atoms with Crippen LogP contribution in [0.25, 0.3) is 0 Å². The predicted molar refractivity (Wildman–Crippen MR) is 113 cm³/mol. The van der Waals surface area contributed by atoms with E-state index in [2.05, 4.69) is 25.4 Å². The average Bonchev–Trinajstić information content (AvgIpc) is 3.48. The van der Waals surface area contributed by atoms with Gasteiger partial charge in [-0.25, -0.2) is 0 Å². The second-order valence-corrected chi connectivity index (χ2v) is 9.52. The number of nitrogens with one attached hydrogen (secondary N) is 2. The van der Waals surface area contributed by atoms with Gasteiger partial charge in [0.2, 0.25) is 0 Å². The van der Waals surface area contributed by atoms with Crippen LogP contribution in [0.2, 0.25) is 0 Å². The Balaban J connectivity index is 1.26. The first-order chi connectivity index (χ1) is 13.3. The highest BCUT2D eigenvalue weighted by Gasteiger charge is 2.38. The van der Waals surface area contributed by atoms with Gasteiger partial charge in [0, 0.05) is 38.3 Å². The van der Waals surface area contributed by atoms with Gasteiger partial charge in [0.1, 0.15) is 0 Å². The third-order valence-electron chi connectivity index (χ3n) is 7.56. The summed E-state index contributed by atoms with van der Waals surface area (Å²) < 4.78 is 0. The fourth-order valence-corrected chi connectivity index (χ4v) is 5.69. The zero-order chi connectivity index (χ0) is 18.5. The maximum Gasteiger partial charge on any atom is 0.191 e. The second-order valence-electron chi connectivity index (χ2n) is 9.52. The normalized spacial score (nSPS) is 30.4. The van der Waals surface area contributed by atoms with Crippen molar-refractivity contribution in [2.75, 3.05) is 46.3 Å². The Bertz CT molecular complexity index is 489. The molecule has 5 nitrogen and oxygen atoms in total. The van der Waals surface area contributed by atoms with E-state index in [1.807, 2.05) is 7.05 Å². The van der Waals surface area contributed by atoms with Crippen LogP contribution in [0.4, 0.5) is 0 Å². The van der Waals surface area contributed by atoms with Crippen LogP contribution in [0, 0.1) is 5.92 Å². The maximum absolute atomic E-state index is 4.54. The van der Waals surface area contributed by atoms with Crippen LogP contribution < -0.4 is 10.6 Å². The first-order valence-corrected chi connectivity index (χ1v) is 11.7. The van der Waals surface area contributed by atoms with Crippen molar-refractivity contribution in [3.05, 3.63) is 0 Å². The summed E-state index contributed by atoms with van der Waals surface area (Å²) >= 11 is 0. The summed E-state index contributed by atoms with van der Waals surface area (Å²) in [7, 11) is 1.93. The lowest BCUT2D eigenvalue weighted by Crippen LogP contribution is -2.59. The van der Waals surface area contributed by atoms with Gasteiger partial charge in [0.25, 0.3) is 0 Å². The monoisotopic (exact) mass is 375 g/mol. The molecule has 2 saturated carbocycles. The molecule has 2 heterocycles. The lowest BCUT2D eigenvalue weighted by molar-refractivity contribution is 0.0368. The number of piperidine rings is 1. The molecule has 2 aliphatic heterocycles. The number of nitrogens with zero attached hydrogens (tertiary/aromatic N) is 3. The van der Waals surface area contributed by atoms with Crippen molar-refractivity contribution in [2.45, 2.75) is 82.2 Å². The fourth-order valence-electron chi connectivity index (χ4n) is 5.69. The first-order valence-electron chi connectivity index (χ1n) is 11.7. The van der Waals surface area contributed by atoms with Crippen LogP contribution in [0.1, 0.15) is 70.6 Å². The number of hydrogen-bond donors (Lipinski definition) is 2. The Morgan fingerprint density at radius 1 is 0.926 bits per heavy atom. The molecule has 0 aromatic heterocycles. The topological polar surface area (TPSA) is 42.9 Å². The van der Waals surface area contributed by atoms with Gasteiger partial charge in [0.05, 0.1) is 0 Å². The van der Waals surface area contributed by atoms with Gasteiger partial charge in [0.15, 0.2) is 5.96 Å². The molecule has 4 aliphatic rings. The molecule has 154 valence electrons. The summed E-state index contributed by atoms with van der Waals surface area (Å²) in [5, 5.41) is 7.38. The Labute approximate surface area is 166 Å². The predicted octanol–water partition coefficient (Wildman–Crippen LogP) is 2.82. The van der Waals surface area contributed by atoms with E-state index < -0.39 is 0 Å². The van der Waals surface area contributed by atoms with Crippen molar-refractivity contribution in [1.29, 1.82) is 0 Å². The summed E-state index contributed by atoms with van der Waals surface area (Å²) in [5.41, 5.74) is 0.367. The molecule has 0 amide bonds. The van der Waals surface area contributed by atoms with Crippen LogP contribution in [0.15, 0.2) is 4.99 Å². The molecule has 27 heavy (non-hydrogen) atoms. The molecule has 4 rings (SSSR count). The zero-order valence-electron chi connectivity index (χ0n) is 17.5. The summed E-state index contributed by atoms with van der Waals surface area (Å²) in [6, 6.07) is 0.920. The molecule has 0 bridgehead atoms. The van der Waals surface area contributed by atoms with E-state index in [1.54, 1.807) is 0 Å². The zero-order valence-corrected chi connectivity index (χ0v) is 17.5. The number of hydrogen-bond acceptors (Lipinski definition) is 3. The summed E-state index contributed by atoms with van der Waals surface area (Å²) in [6.45, 7) is 7.32. The van der Waals surface area contributed by atoms with Crippen LogP contribution in [0.5, 0.6) is 0 Å². The summed E-state index contributed by atoms with van der Waals surface area (Å²) in [5.74, 6) is 1.80. The van der Waals surface area contributed by atoms with Gasteiger partial charge in [-0.2, -0.15) is 0 Å². The highest BCUT2D eigenvalue weighted by atomic mass is 15.3. The highest BCUT2D eigenvalue weighted by Crippen LogP contribution is 2.35. The van der Waals surface area contributed by atoms with E-state index in [4.69, 9.17) is 0 Å². The Kier molecular flexibility index (Phi) is 6.59. The third-order valence-corrected chi connectivity index (χ3v) is 7.56. The standard InChI is InChI=1S/C22H41N5/c1-23-21(24-16-19-10-15-26(17-19)20-8-9-20)25-18-22(11-4-2-5-12-22)27-13-6-3-7-14-27/h19-20H,2-18H2,1H3,(H2,23,24,25). The molecule has 0 aromatic rings. The van der Waals surface area contributed by atoms with Crippen molar-refractivity contribution in [2.24, 2.45) is 10.9 Å². The third kappa shape index (κ3) is 4.97. The Morgan fingerprint density at radius 2 is 1.67 bits per heavy atom. The van der Waals surface area contributed by atoms with Gasteiger partial charge >= 0.3 is 0 Å². The molecule has 4 fully saturated rings. The lowest BCUT2D eigenvalue weighted by atomic mass is 9.79. The van der Waals surface area contributed by atoms with E-state index >= 15 is 0 Å². The van der Waals surface area contributed by atoms with Gasteiger partial charge in [-0.05, 0) is 70.5 Å². The number of guanidine groups is 1. The van der Waals surface area contributed by atoms with Gasteiger partial charge < -0.3 is 15.5 Å². The van der Waals surface area contributed by atoms with E-state index in [9.17, 15) is 0 Å². The molecule has 0 spiro atoms. The molecular formula is C22H41N5. The minimum Gasteiger partial charge on any atom is -0.356 e. The van der Waals surface area contributed by atoms with Crippen LogP contribution in [-0.2, 0) is 0 Å². The van der Waals surface area contributed by atoms with E-state index in [0.717, 1.165) is 31.0 Å². The van der Waals surface area contributed by atoms with Gasteiger partial charge in [-0.1, -0.05) is 25.7 Å². The van der Waals surface area contributed by atoms with Crippen molar-refractivity contribution in [3.8, 4) is 0 Å². The van der Waals surface area contributed by atoms with Crippen LogP contribution in [0.3, 0.4) is 0 Å². The van der Waals surface area contributed by atoms with Crippen molar-refractivity contribution in [3.63, 3.8) is 0 Å². The largest absolute Gasteiger partial charge is 0.356 e. The van der Waals surface area contributed by atoms with E-state index in [1.165, 1.54) is 96.8 Å². The van der Waals surface area contributed by atoms with Gasteiger partial charge in [-0.3, -0.25) is 9.89 Å². The molecule has 2 saturated heterocycles. The maximum atomic E-state index is 4.54. The minimum absolute atomic E-state index is 0.367. The number of rotatable bonds is 6. The number of aliphatic imine (C=N–C) groups is 1. The Morgan fingerprint density at radius 3 is 2.37 bits per heavy atom. The minimum atomic E-state index is 0.367. The molecular weight excluding hydrogens is 334 g/mol. The van der Waals surface area contributed by atoms with Crippen molar-refractivity contribution < 1.29 is 0 Å². The molecule has 5 heteroatoms. The summed E-state index contributed by atoms with van der Waals surface area (Å²) in [6.07, 6.45) is 15.3. The molecule has 0 aromatic carbocycles. The summed E-state index contributed by atoms with van der Waals surface area (Å²) in [4.78, 5) is 10.1. The van der Waals surface area contributed by atoms with Crippen LogP contribution >= 0.6 is 0 Å².